The number of amides is 1. The summed E-state index contributed by atoms with van der Waals surface area (Å²) < 4.78 is 4.83. The first-order valence-corrected chi connectivity index (χ1v) is 5.01. The molecule has 16 heavy (non-hydrogen) atoms. The van der Waals surface area contributed by atoms with Crippen molar-refractivity contribution < 1.29 is 14.4 Å². The second kappa shape index (κ2) is 5.04. The second-order valence-corrected chi connectivity index (χ2v) is 3.75. The molecule has 0 saturated carbocycles. The number of aliphatic hydroxyl groups is 1. The van der Waals surface area contributed by atoms with Gasteiger partial charge >= 0.3 is 0 Å². The average Bonchev–Trinajstić information content (AvgIpc) is 2.66. The molecule has 0 fully saturated rings. The van der Waals surface area contributed by atoms with Gasteiger partial charge in [0.2, 0.25) is 5.89 Å². The lowest BCUT2D eigenvalue weighted by atomic mass is 10.0. The summed E-state index contributed by atoms with van der Waals surface area (Å²) in [6.07, 6.45) is 0.121. The molecule has 1 aromatic heterocycles. The van der Waals surface area contributed by atoms with Crippen LogP contribution in [0.5, 0.6) is 0 Å². The highest BCUT2D eigenvalue weighted by Crippen LogP contribution is 2.09. The van der Waals surface area contributed by atoms with E-state index in [9.17, 15) is 9.90 Å². The third-order valence-corrected chi connectivity index (χ3v) is 1.98. The summed E-state index contributed by atoms with van der Waals surface area (Å²) in [5.74, 6) is -0.244. The summed E-state index contributed by atoms with van der Waals surface area (Å²) >= 11 is 0. The molecule has 1 aromatic rings. The molecule has 0 spiro atoms. The summed E-state index contributed by atoms with van der Waals surface area (Å²) in [7, 11) is 0. The molecule has 0 saturated heterocycles. The van der Waals surface area contributed by atoms with Crippen molar-refractivity contribution in [2.45, 2.75) is 25.9 Å². The molecule has 4 N–H and O–H groups in total. The van der Waals surface area contributed by atoms with Gasteiger partial charge in [0.05, 0.1) is 12.0 Å². The van der Waals surface area contributed by atoms with Crippen LogP contribution in [0.15, 0.2) is 4.52 Å². The van der Waals surface area contributed by atoms with Crippen molar-refractivity contribution in [1.82, 2.24) is 15.5 Å². The molecule has 0 aliphatic rings. The largest absolute Gasteiger partial charge is 0.388 e. The predicted molar refractivity (Wildman–Crippen MR) is 55.7 cm³/mol. The maximum Gasteiger partial charge on any atom is 0.292 e. The first-order chi connectivity index (χ1) is 7.48. The van der Waals surface area contributed by atoms with Gasteiger partial charge in [0.25, 0.3) is 11.7 Å². The number of hydrogen-bond acceptors (Lipinski definition) is 6. The zero-order valence-electron chi connectivity index (χ0n) is 9.36. The molecule has 1 heterocycles. The molecule has 1 rings (SSSR count). The Balaban J connectivity index is 2.68. The number of carbonyl (C=O) groups excluding carboxylic acids is 1. The van der Waals surface area contributed by atoms with Gasteiger partial charge in [-0.2, -0.15) is 4.98 Å². The maximum atomic E-state index is 11.3. The number of carbonyl (C=O) groups is 1. The van der Waals surface area contributed by atoms with Crippen LogP contribution in [0.2, 0.25) is 0 Å². The van der Waals surface area contributed by atoms with Crippen LogP contribution in [0.4, 0.5) is 0 Å². The fraction of sp³-hybridized carbons (Fsp3) is 0.667. The first kappa shape index (κ1) is 12.6. The van der Waals surface area contributed by atoms with Crippen LogP contribution in [0.1, 0.15) is 30.4 Å². The normalized spacial score (nSPS) is 14.5. The average molecular weight is 228 g/mol. The Labute approximate surface area is 93.0 Å². The van der Waals surface area contributed by atoms with E-state index in [2.05, 4.69) is 15.5 Å². The highest BCUT2D eigenvalue weighted by atomic mass is 16.5. The number of hydrogen-bond donors (Lipinski definition) is 3. The van der Waals surface area contributed by atoms with E-state index in [-0.39, 0.29) is 24.7 Å². The van der Waals surface area contributed by atoms with Gasteiger partial charge in [0.15, 0.2) is 0 Å². The lowest BCUT2D eigenvalue weighted by Gasteiger charge is -2.17. The van der Waals surface area contributed by atoms with Crippen molar-refractivity contribution in [3.8, 4) is 0 Å². The van der Waals surface area contributed by atoms with Crippen LogP contribution in [0.3, 0.4) is 0 Å². The van der Waals surface area contributed by atoms with Gasteiger partial charge in [-0.05, 0) is 13.8 Å². The van der Waals surface area contributed by atoms with Gasteiger partial charge in [-0.15, -0.1) is 0 Å². The Bertz CT molecular complexity index is 361. The van der Waals surface area contributed by atoms with E-state index in [1.165, 1.54) is 0 Å². The van der Waals surface area contributed by atoms with Crippen LogP contribution < -0.4 is 11.1 Å². The number of aromatic nitrogens is 2. The van der Waals surface area contributed by atoms with E-state index in [4.69, 9.17) is 10.3 Å². The summed E-state index contributed by atoms with van der Waals surface area (Å²) in [5, 5.41) is 15.7. The molecule has 90 valence electrons. The molecular formula is C9H16N4O3. The van der Waals surface area contributed by atoms with Gasteiger partial charge < -0.3 is 20.7 Å². The molecule has 7 heteroatoms. The van der Waals surface area contributed by atoms with Crippen molar-refractivity contribution in [1.29, 1.82) is 0 Å². The van der Waals surface area contributed by atoms with Gasteiger partial charge in [-0.1, -0.05) is 5.16 Å². The summed E-state index contributed by atoms with van der Waals surface area (Å²) in [6, 6.07) is 0. The third-order valence-electron chi connectivity index (χ3n) is 1.98. The van der Waals surface area contributed by atoms with Crippen LogP contribution in [-0.2, 0) is 6.42 Å². The van der Waals surface area contributed by atoms with Gasteiger partial charge in [0, 0.05) is 13.1 Å². The monoisotopic (exact) mass is 228 g/mol. The van der Waals surface area contributed by atoms with E-state index in [1.54, 1.807) is 13.8 Å². The highest BCUT2D eigenvalue weighted by Gasteiger charge is 2.23. The molecular weight excluding hydrogens is 212 g/mol. The summed E-state index contributed by atoms with van der Waals surface area (Å²) in [4.78, 5) is 15.2. The molecule has 0 aromatic carbocycles. The Morgan fingerprint density at radius 1 is 1.69 bits per heavy atom. The number of nitrogens with two attached hydrogens (primary N) is 1. The molecule has 0 bridgehead atoms. The van der Waals surface area contributed by atoms with Crippen LogP contribution in [0, 0.1) is 0 Å². The predicted octanol–water partition coefficient (Wildman–Crippen LogP) is -0.928. The fourth-order valence-corrected chi connectivity index (χ4v) is 1.06. The van der Waals surface area contributed by atoms with Crippen LogP contribution in [-0.4, -0.2) is 39.8 Å². The van der Waals surface area contributed by atoms with Crippen LogP contribution >= 0.6 is 0 Å². The van der Waals surface area contributed by atoms with Gasteiger partial charge in [-0.25, -0.2) is 0 Å². The van der Waals surface area contributed by atoms with Crippen molar-refractivity contribution in [2.75, 3.05) is 13.1 Å². The summed E-state index contributed by atoms with van der Waals surface area (Å²) in [6.45, 7) is 3.91. The molecule has 0 aliphatic carbocycles. The highest BCUT2D eigenvalue weighted by molar-refractivity contribution is 5.90. The minimum absolute atomic E-state index is 0.0373. The molecule has 0 radical (unpaired) electrons. The maximum absolute atomic E-state index is 11.3. The van der Waals surface area contributed by atoms with Crippen molar-refractivity contribution in [3.05, 3.63) is 11.7 Å². The standard InChI is InChI=1S/C9H16N4O3/c1-3-11-8(14)7-12-6(16-13-7)4-9(2,15)5-10/h15H,3-5,10H2,1-2H3,(H,11,14). The minimum Gasteiger partial charge on any atom is -0.388 e. The van der Waals surface area contributed by atoms with E-state index in [1.807, 2.05) is 0 Å². The molecule has 1 unspecified atom stereocenters. The lowest BCUT2D eigenvalue weighted by molar-refractivity contribution is 0.0610. The van der Waals surface area contributed by atoms with Crippen LogP contribution in [0.25, 0.3) is 0 Å². The number of nitrogens with one attached hydrogen (secondary N) is 1. The zero-order valence-corrected chi connectivity index (χ0v) is 9.36. The molecule has 7 nitrogen and oxygen atoms in total. The SMILES string of the molecule is CCNC(=O)c1noc(CC(C)(O)CN)n1. The summed E-state index contributed by atoms with van der Waals surface area (Å²) in [5.41, 5.74) is 4.24. The quantitative estimate of drug-likeness (QED) is 0.600. The number of nitrogens with zero attached hydrogens (tertiary/aromatic N) is 2. The van der Waals surface area contributed by atoms with E-state index in [0.717, 1.165) is 0 Å². The van der Waals surface area contributed by atoms with E-state index < -0.39 is 11.5 Å². The fourth-order valence-electron chi connectivity index (χ4n) is 1.06. The Morgan fingerprint density at radius 3 is 2.94 bits per heavy atom. The lowest BCUT2D eigenvalue weighted by Crippen LogP contribution is -2.36. The zero-order chi connectivity index (χ0) is 12.2. The second-order valence-electron chi connectivity index (χ2n) is 3.75. The van der Waals surface area contributed by atoms with Gasteiger partial charge in [0.1, 0.15) is 0 Å². The van der Waals surface area contributed by atoms with Gasteiger partial charge in [-0.3, -0.25) is 4.79 Å². The van der Waals surface area contributed by atoms with E-state index >= 15 is 0 Å². The minimum atomic E-state index is -1.11. The van der Waals surface area contributed by atoms with Crippen molar-refractivity contribution in [2.24, 2.45) is 5.73 Å². The molecule has 0 aliphatic heterocycles. The number of rotatable bonds is 5. The topological polar surface area (TPSA) is 114 Å². The Hall–Kier alpha value is -1.47. The van der Waals surface area contributed by atoms with E-state index in [0.29, 0.717) is 6.54 Å². The smallest absolute Gasteiger partial charge is 0.292 e. The molecule has 1 atom stereocenters. The Morgan fingerprint density at radius 2 is 2.38 bits per heavy atom. The first-order valence-electron chi connectivity index (χ1n) is 5.01. The van der Waals surface area contributed by atoms with Crippen molar-refractivity contribution >= 4 is 5.91 Å². The molecule has 1 amide bonds. The Kier molecular flexibility index (Phi) is 3.97. The third kappa shape index (κ3) is 3.28. The van der Waals surface area contributed by atoms with Crippen molar-refractivity contribution in [3.63, 3.8) is 0 Å².